The third-order valence-electron chi connectivity index (χ3n) is 4.01. The molecule has 0 spiro atoms. The van der Waals surface area contributed by atoms with Gasteiger partial charge in [-0.2, -0.15) is 0 Å². The average molecular weight is 360 g/mol. The lowest BCUT2D eigenvalue weighted by atomic mass is 10.2. The lowest BCUT2D eigenvalue weighted by Gasteiger charge is -2.34. The first-order valence-corrected chi connectivity index (χ1v) is 8.30. The van der Waals surface area contributed by atoms with E-state index in [9.17, 15) is 9.59 Å². The third-order valence-corrected chi connectivity index (χ3v) is 4.26. The van der Waals surface area contributed by atoms with Crippen LogP contribution in [-0.2, 0) is 4.79 Å². The maximum atomic E-state index is 12.5. The van der Waals surface area contributed by atoms with Crippen molar-refractivity contribution >= 4 is 35.1 Å². The highest BCUT2D eigenvalue weighted by atomic mass is 35.5. The van der Waals surface area contributed by atoms with E-state index in [2.05, 4.69) is 15.3 Å². The van der Waals surface area contributed by atoms with E-state index in [1.165, 1.54) is 19.3 Å². The number of halogens is 1. The second-order valence-electron chi connectivity index (χ2n) is 5.73. The smallest absolute Gasteiger partial charge is 0.257 e. The van der Waals surface area contributed by atoms with Gasteiger partial charge in [-0.3, -0.25) is 9.59 Å². The Morgan fingerprint density at radius 3 is 2.12 bits per heavy atom. The Morgan fingerprint density at radius 2 is 1.56 bits per heavy atom. The summed E-state index contributed by atoms with van der Waals surface area (Å²) in [7, 11) is 0. The molecule has 130 valence electrons. The van der Waals surface area contributed by atoms with Crippen LogP contribution in [-0.4, -0.2) is 57.8 Å². The average Bonchev–Trinajstić information content (AvgIpc) is 2.64. The fourth-order valence-electron chi connectivity index (χ4n) is 2.57. The second-order valence-corrected chi connectivity index (χ2v) is 6.16. The number of carbonyl (C=O) groups excluding carboxylic acids is 2. The minimum atomic E-state index is -0.124. The summed E-state index contributed by atoms with van der Waals surface area (Å²) in [6.07, 6.45) is 3.01. The molecule has 0 bridgehead atoms. The Kier molecular flexibility index (Phi) is 5.14. The van der Waals surface area contributed by atoms with E-state index < -0.39 is 0 Å². The van der Waals surface area contributed by atoms with Gasteiger partial charge in [0.25, 0.3) is 5.91 Å². The van der Waals surface area contributed by atoms with Gasteiger partial charge in [-0.1, -0.05) is 11.6 Å². The second kappa shape index (κ2) is 7.48. The predicted octanol–water partition coefficient (Wildman–Crippen LogP) is 2.18. The van der Waals surface area contributed by atoms with E-state index >= 15 is 0 Å². The van der Waals surface area contributed by atoms with Gasteiger partial charge in [-0.25, -0.2) is 9.97 Å². The van der Waals surface area contributed by atoms with Crippen LogP contribution in [0.4, 0.5) is 11.6 Å². The van der Waals surface area contributed by atoms with Gasteiger partial charge in [0.1, 0.15) is 0 Å². The van der Waals surface area contributed by atoms with E-state index in [4.69, 9.17) is 11.6 Å². The van der Waals surface area contributed by atoms with Crippen LogP contribution >= 0.6 is 11.6 Å². The Hall–Kier alpha value is -2.67. The molecule has 7 nitrogen and oxygen atoms in total. The van der Waals surface area contributed by atoms with Crippen molar-refractivity contribution in [3.63, 3.8) is 0 Å². The van der Waals surface area contributed by atoms with Gasteiger partial charge in [0.15, 0.2) is 0 Å². The number of carbonyl (C=O) groups is 2. The van der Waals surface area contributed by atoms with Gasteiger partial charge in [0, 0.05) is 56.2 Å². The zero-order chi connectivity index (χ0) is 17.8. The van der Waals surface area contributed by atoms with Gasteiger partial charge in [-0.15, -0.1) is 0 Å². The Bertz CT molecular complexity index is 756. The number of nitrogens with zero attached hydrogens (tertiary/aromatic N) is 4. The Labute approximate surface area is 150 Å². The minimum Gasteiger partial charge on any atom is -0.339 e. The number of nitrogens with one attached hydrogen (secondary N) is 1. The first-order chi connectivity index (χ1) is 12.0. The molecule has 25 heavy (non-hydrogen) atoms. The highest BCUT2D eigenvalue weighted by molar-refractivity contribution is 6.30. The molecule has 0 saturated carbocycles. The topological polar surface area (TPSA) is 78.4 Å². The number of piperazine rings is 1. The van der Waals surface area contributed by atoms with Crippen LogP contribution in [0.3, 0.4) is 0 Å². The maximum Gasteiger partial charge on any atom is 0.257 e. The zero-order valence-electron chi connectivity index (χ0n) is 13.8. The maximum absolute atomic E-state index is 12.5. The molecule has 0 unspecified atom stereocenters. The van der Waals surface area contributed by atoms with Gasteiger partial charge in [0.05, 0.1) is 5.56 Å². The molecule has 0 radical (unpaired) electrons. The number of hydrogen-bond donors (Lipinski definition) is 1. The molecule has 8 heteroatoms. The number of anilines is 2. The van der Waals surface area contributed by atoms with Crippen molar-refractivity contribution in [3.8, 4) is 0 Å². The summed E-state index contributed by atoms with van der Waals surface area (Å²) < 4.78 is 0. The van der Waals surface area contributed by atoms with Crippen molar-refractivity contribution in [1.29, 1.82) is 0 Å². The van der Waals surface area contributed by atoms with Gasteiger partial charge >= 0.3 is 0 Å². The highest BCUT2D eigenvalue weighted by Gasteiger charge is 2.23. The minimum absolute atomic E-state index is 0.0352. The van der Waals surface area contributed by atoms with Crippen molar-refractivity contribution in [1.82, 2.24) is 19.8 Å². The summed E-state index contributed by atoms with van der Waals surface area (Å²) in [4.78, 5) is 35.7. The van der Waals surface area contributed by atoms with Crippen LogP contribution in [0.25, 0.3) is 0 Å². The molecule has 0 atom stereocenters. The summed E-state index contributed by atoms with van der Waals surface area (Å²) in [6.45, 7) is 3.68. The van der Waals surface area contributed by atoms with Gasteiger partial charge in [0.2, 0.25) is 11.9 Å². The molecule has 2 aromatic rings. The lowest BCUT2D eigenvalue weighted by molar-refractivity contribution is -0.130. The van der Waals surface area contributed by atoms with E-state index in [1.807, 2.05) is 12.1 Å². The zero-order valence-corrected chi connectivity index (χ0v) is 14.5. The van der Waals surface area contributed by atoms with E-state index in [1.54, 1.807) is 21.9 Å². The van der Waals surface area contributed by atoms with Crippen LogP contribution in [0.1, 0.15) is 17.3 Å². The quantitative estimate of drug-likeness (QED) is 0.908. The standard InChI is InChI=1S/C17H18ClN5O2/c1-12(24)22-6-8-23(9-7-22)16(25)13-10-19-17(20-11-13)21-15-4-2-14(18)3-5-15/h2-5,10-11H,6-9H2,1H3,(H,19,20,21). The van der Waals surface area contributed by atoms with Crippen molar-refractivity contribution < 1.29 is 9.59 Å². The van der Waals surface area contributed by atoms with Crippen LogP contribution < -0.4 is 5.32 Å². The SMILES string of the molecule is CC(=O)N1CCN(C(=O)c2cnc(Nc3ccc(Cl)cc3)nc2)CC1. The van der Waals surface area contributed by atoms with Crippen molar-refractivity contribution in [3.05, 3.63) is 47.2 Å². The molecule has 1 N–H and O–H groups in total. The molecule has 1 fully saturated rings. The molecular formula is C17H18ClN5O2. The monoisotopic (exact) mass is 359 g/mol. The summed E-state index contributed by atoms with van der Waals surface area (Å²) in [6, 6.07) is 7.17. The number of amides is 2. The van der Waals surface area contributed by atoms with Crippen molar-refractivity contribution in [2.75, 3.05) is 31.5 Å². The molecular weight excluding hydrogens is 342 g/mol. The summed E-state index contributed by atoms with van der Waals surface area (Å²) in [5, 5.41) is 3.70. The predicted molar refractivity (Wildman–Crippen MR) is 94.9 cm³/mol. The molecule has 2 heterocycles. The lowest BCUT2D eigenvalue weighted by Crippen LogP contribution is -2.50. The molecule has 0 aliphatic carbocycles. The van der Waals surface area contributed by atoms with Crippen LogP contribution in [0.2, 0.25) is 5.02 Å². The molecule has 1 aliphatic heterocycles. The van der Waals surface area contributed by atoms with Crippen LogP contribution in [0.15, 0.2) is 36.7 Å². The van der Waals surface area contributed by atoms with Crippen LogP contribution in [0.5, 0.6) is 0 Å². The van der Waals surface area contributed by atoms with Crippen molar-refractivity contribution in [2.24, 2.45) is 0 Å². The molecule has 1 saturated heterocycles. The van der Waals surface area contributed by atoms with Crippen LogP contribution in [0, 0.1) is 0 Å². The molecule has 1 aromatic carbocycles. The third kappa shape index (κ3) is 4.24. The molecule has 1 aliphatic rings. The highest BCUT2D eigenvalue weighted by Crippen LogP contribution is 2.16. The number of benzene rings is 1. The first-order valence-electron chi connectivity index (χ1n) is 7.92. The fraction of sp³-hybridized carbons (Fsp3) is 0.294. The molecule has 3 rings (SSSR count). The number of rotatable bonds is 3. The van der Waals surface area contributed by atoms with Crippen molar-refractivity contribution in [2.45, 2.75) is 6.92 Å². The number of aromatic nitrogens is 2. The molecule has 2 amide bonds. The van der Waals surface area contributed by atoms with E-state index in [0.717, 1.165) is 5.69 Å². The largest absolute Gasteiger partial charge is 0.339 e. The Morgan fingerprint density at radius 1 is 1.00 bits per heavy atom. The first kappa shape index (κ1) is 17.2. The summed E-state index contributed by atoms with van der Waals surface area (Å²) in [5.74, 6) is 0.314. The summed E-state index contributed by atoms with van der Waals surface area (Å²) in [5.41, 5.74) is 1.24. The van der Waals surface area contributed by atoms with E-state index in [0.29, 0.717) is 42.7 Å². The van der Waals surface area contributed by atoms with Gasteiger partial charge < -0.3 is 15.1 Å². The van der Waals surface area contributed by atoms with E-state index in [-0.39, 0.29) is 11.8 Å². The van der Waals surface area contributed by atoms with Gasteiger partial charge in [-0.05, 0) is 24.3 Å². The number of hydrogen-bond acceptors (Lipinski definition) is 5. The normalized spacial score (nSPS) is 14.3. The Balaban J connectivity index is 1.61. The summed E-state index contributed by atoms with van der Waals surface area (Å²) >= 11 is 5.85. The molecule has 1 aromatic heterocycles. The fourth-order valence-corrected chi connectivity index (χ4v) is 2.70.